The largest absolute Gasteiger partial charge is 0.497 e. The van der Waals surface area contributed by atoms with E-state index in [0.717, 1.165) is 35.4 Å². The van der Waals surface area contributed by atoms with E-state index in [9.17, 15) is 9.59 Å². The molecule has 3 rings (SSSR count). The van der Waals surface area contributed by atoms with Crippen LogP contribution in [0.5, 0.6) is 5.75 Å². The highest BCUT2D eigenvalue weighted by atomic mass is 16.5. The molecule has 1 N–H and O–H groups in total. The molecule has 2 aromatic carbocycles. The summed E-state index contributed by atoms with van der Waals surface area (Å²) in [7, 11) is 3.23. The van der Waals surface area contributed by atoms with Gasteiger partial charge in [-0.1, -0.05) is 24.3 Å². The number of nitrogens with zero attached hydrogens (tertiary/aromatic N) is 1. The minimum atomic E-state index is -0.187. The number of nitrogens with one attached hydrogen (secondary N) is 1. The van der Waals surface area contributed by atoms with E-state index < -0.39 is 0 Å². The van der Waals surface area contributed by atoms with E-state index in [1.54, 1.807) is 19.1 Å². The van der Waals surface area contributed by atoms with Crippen LogP contribution >= 0.6 is 0 Å². The molecule has 0 bridgehead atoms. The van der Waals surface area contributed by atoms with E-state index in [4.69, 9.17) is 9.47 Å². The first-order chi connectivity index (χ1) is 14.1. The van der Waals surface area contributed by atoms with Crippen molar-refractivity contribution >= 4 is 17.5 Å². The Bertz CT molecular complexity index is 835. The molecule has 1 aliphatic heterocycles. The van der Waals surface area contributed by atoms with Gasteiger partial charge >= 0.3 is 0 Å². The number of amides is 2. The van der Waals surface area contributed by atoms with Gasteiger partial charge in [0.2, 0.25) is 11.8 Å². The molecule has 1 heterocycles. The maximum atomic E-state index is 12.7. The quantitative estimate of drug-likeness (QED) is 0.777. The zero-order chi connectivity index (χ0) is 20.6. The molecule has 0 aromatic heterocycles. The molecule has 154 valence electrons. The molecular formula is C23H28N2O4. The zero-order valence-corrected chi connectivity index (χ0v) is 17.0. The van der Waals surface area contributed by atoms with Crippen molar-refractivity contribution in [1.29, 1.82) is 0 Å². The Hall–Kier alpha value is -2.86. The van der Waals surface area contributed by atoms with Crippen LogP contribution in [0.1, 0.15) is 19.3 Å². The summed E-state index contributed by atoms with van der Waals surface area (Å²) in [5, 5.41) is 2.99. The Morgan fingerprint density at radius 2 is 1.90 bits per heavy atom. The highest BCUT2D eigenvalue weighted by Gasteiger charge is 2.28. The Labute approximate surface area is 171 Å². The molecule has 2 aromatic rings. The second kappa shape index (κ2) is 10.1. The van der Waals surface area contributed by atoms with Crippen LogP contribution in [0.25, 0.3) is 11.1 Å². The molecule has 0 aliphatic carbocycles. The van der Waals surface area contributed by atoms with Gasteiger partial charge in [0.15, 0.2) is 0 Å². The van der Waals surface area contributed by atoms with Crippen molar-refractivity contribution in [1.82, 2.24) is 4.90 Å². The maximum Gasteiger partial charge on any atom is 0.229 e. The van der Waals surface area contributed by atoms with E-state index in [-0.39, 0.29) is 17.7 Å². The van der Waals surface area contributed by atoms with Crippen LogP contribution in [0.4, 0.5) is 5.69 Å². The summed E-state index contributed by atoms with van der Waals surface area (Å²) in [6.45, 7) is 1.59. The Kier molecular flexibility index (Phi) is 7.25. The van der Waals surface area contributed by atoms with Crippen molar-refractivity contribution in [3.63, 3.8) is 0 Å². The lowest BCUT2D eigenvalue weighted by molar-refractivity contribution is -0.135. The van der Waals surface area contributed by atoms with Gasteiger partial charge in [-0.2, -0.15) is 0 Å². The van der Waals surface area contributed by atoms with Crippen molar-refractivity contribution in [3.8, 4) is 16.9 Å². The topological polar surface area (TPSA) is 67.9 Å². The number of ether oxygens (including phenoxy) is 2. The lowest BCUT2D eigenvalue weighted by Gasteiger charge is -2.32. The summed E-state index contributed by atoms with van der Waals surface area (Å²) in [5.74, 6) is 0.630. The summed E-state index contributed by atoms with van der Waals surface area (Å²) < 4.78 is 10.3. The molecule has 29 heavy (non-hydrogen) atoms. The first-order valence-electron chi connectivity index (χ1n) is 9.93. The summed E-state index contributed by atoms with van der Waals surface area (Å²) in [6, 6.07) is 15.6. The van der Waals surface area contributed by atoms with Crippen molar-refractivity contribution in [3.05, 3.63) is 48.5 Å². The number of carbonyl (C=O) groups excluding carboxylic acids is 2. The van der Waals surface area contributed by atoms with E-state index in [0.29, 0.717) is 26.1 Å². The Morgan fingerprint density at radius 3 is 2.62 bits per heavy atom. The third kappa shape index (κ3) is 5.57. The SMILES string of the molecule is COCCC(=O)N1CCC[C@H](C(=O)Nc2ccc(-c3cccc(OC)c3)cc2)C1. The fraction of sp³-hybridized carbons (Fsp3) is 0.391. The Morgan fingerprint density at radius 1 is 1.10 bits per heavy atom. The predicted octanol–water partition coefficient (Wildman–Crippen LogP) is 3.58. The van der Waals surface area contributed by atoms with Gasteiger partial charge in [-0.3, -0.25) is 9.59 Å². The lowest BCUT2D eigenvalue weighted by Crippen LogP contribution is -2.44. The van der Waals surface area contributed by atoms with Gasteiger partial charge in [-0.05, 0) is 48.2 Å². The molecule has 1 saturated heterocycles. The molecule has 0 radical (unpaired) electrons. The summed E-state index contributed by atoms with van der Waals surface area (Å²) in [4.78, 5) is 26.7. The minimum absolute atomic E-state index is 0.0385. The second-order valence-corrected chi connectivity index (χ2v) is 7.22. The molecule has 2 amide bonds. The first kappa shape index (κ1) is 20.9. The first-order valence-corrected chi connectivity index (χ1v) is 9.93. The number of likely N-dealkylation sites (tertiary alicyclic amines) is 1. The van der Waals surface area contributed by atoms with Gasteiger partial charge in [-0.25, -0.2) is 0 Å². The van der Waals surface area contributed by atoms with Crippen LogP contribution in [-0.4, -0.2) is 50.6 Å². The Balaban J connectivity index is 1.59. The van der Waals surface area contributed by atoms with Crippen LogP contribution in [0.3, 0.4) is 0 Å². The number of hydrogen-bond acceptors (Lipinski definition) is 4. The number of piperidine rings is 1. The molecule has 6 nitrogen and oxygen atoms in total. The monoisotopic (exact) mass is 396 g/mol. The van der Waals surface area contributed by atoms with Crippen molar-refractivity contribution in [2.45, 2.75) is 19.3 Å². The fourth-order valence-electron chi connectivity index (χ4n) is 3.56. The van der Waals surface area contributed by atoms with Crippen molar-refractivity contribution in [2.24, 2.45) is 5.92 Å². The molecule has 0 spiro atoms. The molecule has 0 saturated carbocycles. The van der Waals surface area contributed by atoms with Crippen LogP contribution in [0, 0.1) is 5.92 Å². The van der Waals surface area contributed by atoms with Gasteiger partial charge < -0.3 is 19.7 Å². The fourth-order valence-corrected chi connectivity index (χ4v) is 3.56. The van der Waals surface area contributed by atoms with Crippen LogP contribution in [-0.2, 0) is 14.3 Å². The molecule has 1 atom stereocenters. The third-order valence-corrected chi connectivity index (χ3v) is 5.22. The summed E-state index contributed by atoms with van der Waals surface area (Å²) >= 11 is 0. The number of anilines is 1. The van der Waals surface area contributed by atoms with Gasteiger partial charge in [0.1, 0.15) is 5.75 Å². The van der Waals surface area contributed by atoms with Crippen LogP contribution in [0.15, 0.2) is 48.5 Å². The van der Waals surface area contributed by atoms with Gasteiger partial charge in [-0.15, -0.1) is 0 Å². The van der Waals surface area contributed by atoms with Crippen molar-refractivity contribution < 1.29 is 19.1 Å². The number of hydrogen-bond donors (Lipinski definition) is 1. The zero-order valence-electron chi connectivity index (χ0n) is 17.0. The smallest absolute Gasteiger partial charge is 0.229 e. The average molecular weight is 396 g/mol. The number of benzene rings is 2. The van der Waals surface area contributed by atoms with Gasteiger partial charge in [0, 0.05) is 25.9 Å². The van der Waals surface area contributed by atoms with Crippen LogP contribution < -0.4 is 10.1 Å². The molecule has 1 fully saturated rings. The lowest BCUT2D eigenvalue weighted by atomic mass is 9.96. The number of methoxy groups -OCH3 is 2. The summed E-state index contributed by atoms with van der Waals surface area (Å²) in [5.41, 5.74) is 2.86. The predicted molar refractivity (Wildman–Crippen MR) is 113 cm³/mol. The minimum Gasteiger partial charge on any atom is -0.497 e. The van der Waals surface area contributed by atoms with Crippen molar-refractivity contribution in [2.75, 3.05) is 39.2 Å². The average Bonchev–Trinajstić information content (AvgIpc) is 2.78. The normalized spacial score (nSPS) is 16.3. The molecular weight excluding hydrogens is 368 g/mol. The second-order valence-electron chi connectivity index (χ2n) is 7.22. The highest BCUT2D eigenvalue weighted by Crippen LogP contribution is 2.26. The summed E-state index contributed by atoms with van der Waals surface area (Å²) in [6.07, 6.45) is 1.99. The molecule has 0 unspecified atom stereocenters. The number of rotatable bonds is 7. The van der Waals surface area contributed by atoms with Gasteiger partial charge in [0.05, 0.1) is 26.1 Å². The van der Waals surface area contributed by atoms with E-state index >= 15 is 0 Å². The van der Waals surface area contributed by atoms with E-state index in [2.05, 4.69) is 5.32 Å². The van der Waals surface area contributed by atoms with E-state index in [1.165, 1.54) is 0 Å². The highest BCUT2D eigenvalue weighted by molar-refractivity contribution is 5.93. The maximum absolute atomic E-state index is 12.7. The third-order valence-electron chi connectivity index (χ3n) is 5.22. The standard InChI is InChI=1S/C23H28N2O4/c1-28-14-12-22(26)25-13-4-6-19(16-25)23(27)24-20-10-8-17(9-11-20)18-5-3-7-21(15-18)29-2/h3,5,7-11,15,19H,4,6,12-14,16H2,1-2H3,(H,24,27)/t19-/m0/s1. The molecule has 1 aliphatic rings. The number of carbonyl (C=O) groups is 2. The molecule has 6 heteroatoms. The van der Waals surface area contributed by atoms with E-state index in [1.807, 2.05) is 48.5 Å². The van der Waals surface area contributed by atoms with Gasteiger partial charge in [0.25, 0.3) is 0 Å². The van der Waals surface area contributed by atoms with Crippen LogP contribution in [0.2, 0.25) is 0 Å².